The minimum Gasteiger partial charge on any atom is -0.489 e. The molecule has 1 aromatic carbocycles. The average Bonchev–Trinajstić information content (AvgIpc) is 2.72. The molecule has 0 aromatic heterocycles. The van der Waals surface area contributed by atoms with Gasteiger partial charge in [0.15, 0.2) is 0 Å². The van der Waals surface area contributed by atoms with Gasteiger partial charge < -0.3 is 10.5 Å². The molecule has 1 fully saturated rings. The summed E-state index contributed by atoms with van der Waals surface area (Å²) >= 11 is 0. The van der Waals surface area contributed by atoms with Crippen LogP contribution < -0.4 is 10.5 Å². The smallest absolute Gasteiger partial charge is 0.234 e. The monoisotopic (exact) mass is 262 g/mol. The zero-order valence-corrected chi connectivity index (χ0v) is 11.6. The van der Waals surface area contributed by atoms with E-state index in [0.717, 1.165) is 18.8 Å². The van der Waals surface area contributed by atoms with Crippen LogP contribution in [0.5, 0.6) is 5.75 Å². The van der Waals surface area contributed by atoms with Crippen molar-refractivity contribution in [1.82, 2.24) is 4.90 Å². The van der Waals surface area contributed by atoms with Crippen molar-refractivity contribution < 1.29 is 9.53 Å². The molecule has 2 N–H and O–H groups in total. The largest absolute Gasteiger partial charge is 0.489 e. The molecule has 1 amide bonds. The van der Waals surface area contributed by atoms with Gasteiger partial charge in [-0.05, 0) is 18.1 Å². The maximum Gasteiger partial charge on any atom is 0.234 e. The molecule has 0 bridgehead atoms. The minimum absolute atomic E-state index is 0.0404. The van der Waals surface area contributed by atoms with Crippen molar-refractivity contribution in [3.8, 4) is 5.75 Å². The Balaban J connectivity index is 1.99. The predicted octanol–water partition coefficient (Wildman–Crippen LogP) is 1.65. The van der Waals surface area contributed by atoms with Crippen LogP contribution in [0.25, 0.3) is 0 Å². The number of benzene rings is 1. The van der Waals surface area contributed by atoms with E-state index in [1.807, 2.05) is 30.3 Å². The first-order valence-electron chi connectivity index (χ1n) is 6.81. The molecule has 0 aliphatic carbocycles. The second-order valence-corrected chi connectivity index (χ2v) is 5.55. The first-order valence-corrected chi connectivity index (χ1v) is 6.81. The quantitative estimate of drug-likeness (QED) is 0.878. The molecule has 104 valence electrons. The molecule has 0 saturated carbocycles. The van der Waals surface area contributed by atoms with Crippen molar-refractivity contribution in [2.24, 2.45) is 11.7 Å². The number of ether oxygens (including phenoxy) is 1. The van der Waals surface area contributed by atoms with E-state index in [2.05, 4.69) is 18.7 Å². The number of nitrogens with zero attached hydrogens (tertiary/aromatic N) is 1. The fraction of sp³-hybridized carbons (Fsp3) is 0.533. The van der Waals surface area contributed by atoms with Crippen molar-refractivity contribution in [2.45, 2.75) is 32.4 Å². The summed E-state index contributed by atoms with van der Waals surface area (Å²) < 4.78 is 5.92. The van der Waals surface area contributed by atoms with Crippen LogP contribution in [-0.2, 0) is 4.79 Å². The summed E-state index contributed by atoms with van der Waals surface area (Å²) in [5.41, 5.74) is 5.48. The van der Waals surface area contributed by atoms with Crippen molar-refractivity contribution in [1.29, 1.82) is 0 Å². The topological polar surface area (TPSA) is 55.6 Å². The molecule has 4 nitrogen and oxygen atoms in total. The van der Waals surface area contributed by atoms with E-state index < -0.39 is 0 Å². The molecule has 0 spiro atoms. The van der Waals surface area contributed by atoms with Crippen molar-refractivity contribution in [3.05, 3.63) is 30.3 Å². The standard InChI is InChI=1S/C15H22N2O2/c1-11(2)9-17-10-13(8-14(17)15(16)18)19-12-6-4-3-5-7-12/h3-7,11,13-14H,8-10H2,1-2H3,(H2,16,18)/t13-,14-/m0/s1. The maximum absolute atomic E-state index is 11.5. The van der Waals surface area contributed by atoms with Crippen LogP contribution >= 0.6 is 0 Å². The minimum atomic E-state index is -0.250. The highest BCUT2D eigenvalue weighted by Gasteiger charge is 2.36. The molecule has 1 heterocycles. The Kier molecular flexibility index (Phi) is 4.43. The number of rotatable bonds is 5. The Morgan fingerprint density at radius 2 is 2.11 bits per heavy atom. The molecular formula is C15H22N2O2. The number of carbonyl (C=O) groups excluding carboxylic acids is 1. The van der Waals surface area contributed by atoms with Gasteiger partial charge in [0.25, 0.3) is 0 Å². The van der Waals surface area contributed by atoms with E-state index >= 15 is 0 Å². The fourth-order valence-electron chi connectivity index (χ4n) is 2.61. The number of carbonyl (C=O) groups is 1. The second kappa shape index (κ2) is 6.06. The number of primary amides is 1. The van der Waals surface area contributed by atoms with Crippen LogP contribution in [0.3, 0.4) is 0 Å². The molecule has 0 radical (unpaired) electrons. The summed E-state index contributed by atoms with van der Waals surface area (Å²) in [6.07, 6.45) is 0.718. The molecule has 1 aliphatic rings. The van der Waals surface area contributed by atoms with Gasteiger partial charge in [0.2, 0.25) is 5.91 Å². The number of nitrogens with two attached hydrogens (primary N) is 1. The van der Waals surface area contributed by atoms with Crippen LogP contribution in [-0.4, -0.2) is 36.0 Å². The zero-order valence-electron chi connectivity index (χ0n) is 11.6. The van der Waals surface area contributed by atoms with Gasteiger partial charge in [-0.1, -0.05) is 32.0 Å². The third kappa shape index (κ3) is 3.70. The van der Waals surface area contributed by atoms with Crippen LogP contribution in [0.15, 0.2) is 30.3 Å². The van der Waals surface area contributed by atoms with E-state index in [4.69, 9.17) is 10.5 Å². The lowest BCUT2D eigenvalue weighted by Gasteiger charge is -2.23. The van der Waals surface area contributed by atoms with E-state index in [9.17, 15) is 4.79 Å². The molecular weight excluding hydrogens is 240 g/mol. The first-order chi connectivity index (χ1) is 9.06. The van der Waals surface area contributed by atoms with Crippen LogP contribution in [0.4, 0.5) is 0 Å². The normalized spacial score (nSPS) is 23.7. The summed E-state index contributed by atoms with van der Waals surface area (Å²) in [5.74, 6) is 1.11. The summed E-state index contributed by atoms with van der Waals surface area (Å²) in [5, 5.41) is 0. The highest BCUT2D eigenvalue weighted by Crippen LogP contribution is 2.23. The van der Waals surface area contributed by atoms with Gasteiger partial charge >= 0.3 is 0 Å². The molecule has 0 unspecified atom stereocenters. The third-order valence-corrected chi connectivity index (χ3v) is 3.34. The molecule has 2 atom stereocenters. The number of para-hydroxylation sites is 1. The van der Waals surface area contributed by atoms with E-state index in [0.29, 0.717) is 12.3 Å². The van der Waals surface area contributed by atoms with Crippen molar-refractivity contribution >= 4 is 5.91 Å². The van der Waals surface area contributed by atoms with Gasteiger partial charge in [-0.25, -0.2) is 0 Å². The van der Waals surface area contributed by atoms with Gasteiger partial charge in [0.1, 0.15) is 11.9 Å². The first kappa shape index (κ1) is 13.9. The Labute approximate surface area is 114 Å². The third-order valence-electron chi connectivity index (χ3n) is 3.34. The molecule has 1 aromatic rings. The molecule has 4 heteroatoms. The fourth-order valence-corrected chi connectivity index (χ4v) is 2.61. The molecule has 1 aliphatic heterocycles. The lowest BCUT2D eigenvalue weighted by Crippen LogP contribution is -2.41. The lowest BCUT2D eigenvalue weighted by atomic mass is 10.1. The Hall–Kier alpha value is -1.55. The van der Waals surface area contributed by atoms with Crippen molar-refractivity contribution in [2.75, 3.05) is 13.1 Å². The van der Waals surface area contributed by atoms with Gasteiger partial charge in [-0.15, -0.1) is 0 Å². The number of amides is 1. The Morgan fingerprint density at radius 1 is 1.42 bits per heavy atom. The molecule has 19 heavy (non-hydrogen) atoms. The number of hydrogen-bond acceptors (Lipinski definition) is 3. The Bertz CT molecular complexity index is 419. The average molecular weight is 262 g/mol. The number of hydrogen-bond donors (Lipinski definition) is 1. The van der Waals surface area contributed by atoms with Crippen molar-refractivity contribution in [3.63, 3.8) is 0 Å². The summed E-state index contributed by atoms with van der Waals surface area (Å²) in [4.78, 5) is 13.7. The number of likely N-dealkylation sites (tertiary alicyclic amines) is 1. The second-order valence-electron chi connectivity index (χ2n) is 5.55. The molecule has 1 saturated heterocycles. The van der Waals surface area contributed by atoms with Gasteiger partial charge in [0, 0.05) is 19.5 Å². The highest BCUT2D eigenvalue weighted by molar-refractivity contribution is 5.80. The van der Waals surface area contributed by atoms with Crippen LogP contribution in [0.2, 0.25) is 0 Å². The van der Waals surface area contributed by atoms with Gasteiger partial charge in [0.05, 0.1) is 6.04 Å². The predicted molar refractivity (Wildman–Crippen MR) is 74.9 cm³/mol. The van der Waals surface area contributed by atoms with Crippen LogP contribution in [0.1, 0.15) is 20.3 Å². The summed E-state index contributed by atoms with van der Waals surface area (Å²) in [7, 11) is 0. The maximum atomic E-state index is 11.5. The van der Waals surface area contributed by atoms with E-state index in [1.54, 1.807) is 0 Å². The van der Waals surface area contributed by atoms with E-state index in [-0.39, 0.29) is 18.1 Å². The summed E-state index contributed by atoms with van der Waals surface area (Å²) in [6.45, 7) is 5.93. The SMILES string of the molecule is CC(C)CN1C[C@@H](Oc2ccccc2)C[C@H]1C(N)=O. The molecule has 2 rings (SSSR count). The Morgan fingerprint density at radius 3 is 2.68 bits per heavy atom. The zero-order chi connectivity index (χ0) is 13.8. The lowest BCUT2D eigenvalue weighted by molar-refractivity contribution is -0.122. The van der Waals surface area contributed by atoms with E-state index in [1.165, 1.54) is 0 Å². The summed E-state index contributed by atoms with van der Waals surface area (Å²) in [6, 6.07) is 9.52. The van der Waals surface area contributed by atoms with Crippen LogP contribution in [0, 0.1) is 5.92 Å². The van der Waals surface area contributed by atoms with Gasteiger partial charge in [-0.3, -0.25) is 9.69 Å². The highest BCUT2D eigenvalue weighted by atomic mass is 16.5. The van der Waals surface area contributed by atoms with Gasteiger partial charge in [-0.2, -0.15) is 0 Å².